The van der Waals surface area contributed by atoms with Crippen molar-refractivity contribution in [3.8, 4) is 0 Å². The Morgan fingerprint density at radius 2 is 2.18 bits per heavy atom. The first-order valence-electron chi connectivity index (χ1n) is 5.91. The molecule has 1 aliphatic rings. The van der Waals surface area contributed by atoms with Crippen molar-refractivity contribution in [2.24, 2.45) is 11.7 Å². The van der Waals surface area contributed by atoms with Crippen LogP contribution in [0.25, 0.3) is 0 Å². The molecule has 0 aromatic carbocycles. The number of hydrogen-bond acceptors (Lipinski definition) is 4. The average molecular weight is 232 g/mol. The van der Waals surface area contributed by atoms with E-state index in [1.165, 1.54) is 12.8 Å². The fourth-order valence-electron chi connectivity index (χ4n) is 2.34. The van der Waals surface area contributed by atoms with E-state index in [9.17, 15) is 0 Å². The molecule has 0 amide bonds. The van der Waals surface area contributed by atoms with Crippen LogP contribution in [0.15, 0.2) is 29.0 Å². The molecule has 0 spiro atoms. The SMILES string of the molecule is CC(c1noc(CN)n1)(C1CC1)n1cccc1. The van der Waals surface area contributed by atoms with E-state index in [0.29, 0.717) is 18.4 Å². The molecule has 2 aromatic rings. The summed E-state index contributed by atoms with van der Waals surface area (Å²) in [6.07, 6.45) is 6.52. The Morgan fingerprint density at radius 3 is 2.71 bits per heavy atom. The molecule has 1 unspecified atom stereocenters. The molecule has 2 heterocycles. The van der Waals surface area contributed by atoms with Crippen LogP contribution in [0.1, 0.15) is 31.5 Å². The largest absolute Gasteiger partial charge is 0.341 e. The summed E-state index contributed by atoms with van der Waals surface area (Å²) in [7, 11) is 0. The van der Waals surface area contributed by atoms with Gasteiger partial charge in [0.1, 0.15) is 5.54 Å². The Balaban J connectivity index is 2.05. The van der Waals surface area contributed by atoms with Gasteiger partial charge in [0, 0.05) is 12.4 Å². The predicted molar refractivity (Wildman–Crippen MR) is 62.1 cm³/mol. The number of nitrogens with zero attached hydrogens (tertiary/aromatic N) is 3. The molecule has 1 saturated carbocycles. The highest BCUT2D eigenvalue weighted by molar-refractivity contribution is 5.15. The second-order valence-corrected chi connectivity index (χ2v) is 4.73. The summed E-state index contributed by atoms with van der Waals surface area (Å²) in [6, 6.07) is 4.04. The van der Waals surface area contributed by atoms with Gasteiger partial charge in [0.2, 0.25) is 5.89 Å². The molecule has 0 saturated heterocycles. The van der Waals surface area contributed by atoms with Crippen LogP contribution in [0, 0.1) is 5.92 Å². The lowest BCUT2D eigenvalue weighted by molar-refractivity contribution is 0.297. The van der Waals surface area contributed by atoms with E-state index in [0.717, 1.165) is 5.82 Å². The zero-order valence-corrected chi connectivity index (χ0v) is 9.84. The normalized spacial score (nSPS) is 19.2. The minimum atomic E-state index is -0.208. The number of aromatic nitrogens is 3. The van der Waals surface area contributed by atoms with Gasteiger partial charge in [-0.2, -0.15) is 4.98 Å². The highest BCUT2D eigenvalue weighted by Crippen LogP contribution is 2.47. The maximum Gasteiger partial charge on any atom is 0.240 e. The molecule has 0 aliphatic heterocycles. The molecule has 90 valence electrons. The van der Waals surface area contributed by atoms with Crippen molar-refractivity contribution in [3.63, 3.8) is 0 Å². The van der Waals surface area contributed by atoms with Gasteiger partial charge in [-0.1, -0.05) is 5.16 Å². The van der Waals surface area contributed by atoms with Crippen molar-refractivity contribution >= 4 is 0 Å². The second kappa shape index (κ2) is 3.70. The van der Waals surface area contributed by atoms with Crippen molar-refractivity contribution in [2.45, 2.75) is 31.8 Å². The Morgan fingerprint density at radius 1 is 1.47 bits per heavy atom. The molecule has 1 aliphatic carbocycles. The third-order valence-electron chi connectivity index (χ3n) is 3.61. The molecular weight excluding hydrogens is 216 g/mol. The Labute approximate surface area is 99.6 Å². The van der Waals surface area contributed by atoms with E-state index < -0.39 is 0 Å². The smallest absolute Gasteiger partial charge is 0.240 e. The van der Waals surface area contributed by atoms with Gasteiger partial charge < -0.3 is 14.8 Å². The zero-order valence-electron chi connectivity index (χ0n) is 9.84. The number of nitrogens with two attached hydrogens (primary N) is 1. The van der Waals surface area contributed by atoms with E-state index in [4.69, 9.17) is 10.3 Å². The summed E-state index contributed by atoms with van der Waals surface area (Å²) in [4.78, 5) is 4.39. The molecule has 5 heteroatoms. The van der Waals surface area contributed by atoms with Gasteiger partial charge >= 0.3 is 0 Å². The molecule has 17 heavy (non-hydrogen) atoms. The third-order valence-corrected chi connectivity index (χ3v) is 3.61. The molecule has 5 nitrogen and oxygen atoms in total. The fraction of sp³-hybridized carbons (Fsp3) is 0.500. The van der Waals surface area contributed by atoms with E-state index in [2.05, 4.69) is 34.0 Å². The maximum atomic E-state index is 5.51. The summed E-state index contributed by atoms with van der Waals surface area (Å²) >= 11 is 0. The van der Waals surface area contributed by atoms with Crippen LogP contribution in [0.5, 0.6) is 0 Å². The molecular formula is C12H16N4O. The Hall–Kier alpha value is -1.62. The monoisotopic (exact) mass is 232 g/mol. The minimum Gasteiger partial charge on any atom is -0.341 e. The summed E-state index contributed by atoms with van der Waals surface area (Å²) in [6.45, 7) is 2.45. The van der Waals surface area contributed by atoms with Crippen molar-refractivity contribution in [2.75, 3.05) is 0 Å². The lowest BCUT2D eigenvalue weighted by Gasteiger charge is -2.28. The molecule has 1 atom stereocenters. The van der Waals surface area contributed by atoms with Crippen molar-refractivity contribution < 1.29 is 4.52 Å². The lowest BCUT2D eigenvalue weighted by atomic mass is 9.94. The van der Waals surface area contributed by atoms with Crippen LogP contribution in [-0.2, 0) is 12.1 Å². The lowest BCUT2D eigenvalue weighted by Crippen LogP contribution is -2.34. The van der Waals surface area contributed by atoms with E-state index >= 15 is 0 Å². The molecule has 0 bridgehead atoms. The van der Waals surface area contributed by atoms with Crippen LogP contribution >= 0.6 is 0 Å². The van der Waals surface area contributed by atoms with E-state index in [-0.39, 0.29) is 5.54 Å². The van der Waals surface area contributed by atoms with Gasteiger partial charge in [0.05, 0.1) is 6.54 Å². The first-order chi connectivity index (χ1) is 8.25. The molecule has 3 rings (SSSR count). The van der Waals surface area contributed by atoms with Crippen LogP contribution in [0.3, 0.4) is 0 Å². The first kappa shape index (κ1) is 10.5. The van der Waals surface area contributed by atoms with Gasteiger partial charge in [-0.3, -0.25) is 0 Å². The van der Waals surface area contributed by atoms with Crippen LogP contribution in [0.2, 0.25) is 0 Å². The maximum absolute atomic E-state index is 5.51. The van der Waals surface area contributed by atoms with Crippen LogP contribution < -0.4 is 5.73 Å². The minimum absolute atomic E-state index is 0.208. The second-order valence-electron chi connectivity index (χ2n) is 4.73. The highest BCUT2D eigenvalue weighted by Gasteiger charge is 2.47. The van der Waals surface area contributed by atoms with E-state index in [1.54, 1.807) is 0 Å². The third kappa shape index (κ3) is 1.58. The van der Waals surface area contributed by atoms with Crippen LogP contribution in [-0.4, -0.2) is 14.7 Å². The number of hydrogen-bond donors (Lipinski definition) is 1. The highest BCUT2D eigenvalue weighted by atomic mass is 16.5. The van der Waals surface area contributed by atoms with Gasteiger partial charge in [0.15, 0.2) is 5.82 Å². The summed E-state index contributed by atoms with van der Waals surface area (Å²) in [5.41, 5.74) is 5.31. The Bertz CT molecular complexity index is 500. The topological polar surface area (TPSA) is 69.9 Å². The Kier molecular flexibility index (Phi) is 2.29. The van der Waals surface area contributed by atoms with Gasteiger partial charge in [-0.05, 0) is 37.8 Å². The standard InChI is InChI=1S/C12H16N4O/c1-12(9-4-5-9,16-6-2-3-7-16)11-14-10(8-13)17-15-11/h2-3,6-7,9H,4-5,8,13H2,1H3. The van der Waals surface area contributed by atoms with Gasteiger partial charge in [0.25, 0.3) is 0 Å². The summed E-state index contributed by atoms with van der Waals surface area (Å²) in [5.74, 6) is 1.81. The molecule has 0 radical (unpaired) electrons. The summed E-state index contributed by atoms with van der Waals surface area (Å²) in [5, 5.41) is 4.09. The first-order valence-corrected chi connectivity index (χ1v) is 5.91. The molecule has 2 aromatic heterocycles. The van der Waals surface area contributed by atoms with Crippen molar-refractivity contribution in [1.82, 2.24) is 14.7 Å². The quantitative estimate of drug-likeness (QED) is 0.867. The molecule has 2 N–H and O–H groups in total. The van der Waals surface area contributed by atoms with Crippen molar-refractivity contribution in [3.05, 3.63) is 36.2 Å². The zero-order chi connectivity index (χ0) is 11.9. The number of rotatable bonds is 4. The summed E-state index contributed by atoms with van der Waals surface area (Å²) < 4.78 is 7.30. The average Bonchev–Trinajstić information content (AvgIpc) is 2.88. The molecule has 1 fully saturated rings. The van der Waals surface area contributed by atoms with E-state index in [1.807, 2.05) is 12.1 Å². The fourth-order valence-corrected chi connectivity index (χ4v) is 2.34. The van der Waals surface area contributed by atoms with Crippen molar-refractivity contribution in [1.29, 1.82) is 0 Å². The van der Waals surface area contributed by atoms with Crippen LogP contribution in [0.4, 0.5) is 0 Å². The van der Waals surface area contributed by atoms with Gasteiger partial charge in [-0.25, -0.2) is 0 Å². The van der Waals surface area contributed by atoms with Gasteiger partial charge in [-0.15, -0.1) is 0 Å². The predicted octanol–water partition coefficient (Wildman–Crippen LogP) is 1.50.